The molecule has 0 aromatic heterocycles. The average Bonchev–Trinajstić information content (AvgIpc) is 2.14. The van der Waals surface area contributed by atoms with Gasteiger partial charge in [-0.1, -0.05) is 0 Å². The average molecular weight is 245 g/mol. The van der Waals surface area contributed by atoms with E-state index in [0.717, 1.165) is 12.1 Å². The summed E-state index contributed by atoms with van der Waals surface area (Å²) in [4.78, 5) is 10.7. The Bertz CT molecular complexity index is 503. The topological polar surface area (TPSA) is 70.3 Å². The molecule has 0 amide bonds. The summed E-state index contributed by atoms with van der Waals surface area (Å²) in [6, 6.07) is 3.17. The monoisotopic (exact) mass is 245 g/mol. The standard InChI is InChI=1S/C10H6F3NO3/c1-5-2-8(17-10(11,12)13)6(4-14)3-7(5)9(15)16/h2-3H,1H3,(H,15,16). The van der Waals surface area contributed by atoms with Crippen molar-refractivity contribution < 1.29 is 27.8 Å². The van der Waals surface area contributed by atoms with Gasteiger partial charge in [-0.3, -0.25) is 0 Å². The van der Waals surface area contributed by atoms with E-state index < -0.39 is 23.6 Å². The molecule has 0 radical (unpaired) electrons. The van der Waals surface area contributed by atoms with Gasteiger partial charge in [0.05, 0.1) is 11.1 Å². The summed E-state index contributed by atoms with van der Waals surface area (Å²) in [5.41, 5.74) is -0.642. The SMILES string of the molecule is Cc1cc(OC(F)(F)F)c(C#N)cc1C(=O)O. The Morgan fingerprint density at radius 3 is 2.47 bits per heavy atom. The molecule has 0 aliphatic heterocycles. The van der Waals surface area contributed by atoms with Crippen LogP contribution in [0.2, 0.25) is 0 Å². The molecule has 0 saturated carbocycles. The van der Waals surface area contributed by atoms with E-state index in [2.05, 4.69) is 4.74 Å². The van der Waals surface area contributed by atoms with Crippen LogP contribution in [0.3, 0.4) is 0 Å². The summed E-state index contributed by atoms with van der Waals surface area (Å²) in [5, 5.41) is 17.4. The lowest BCUT2D eigenvalue weighted by Crippen LogP contribution is -2.18. The zero-order chi connectivity index (χ0) is 13.2. The number of halogens is 3. The van der Waals surface area contributed by atoms with Crippen LogP contribution in [-0.2, 0) is 0 Å². The molecule has 0 fully saturated rings. The van der Waals surface area contributed by atoms with Crippen LogP contribution >= 0.6 is 0 Å². The highest BCUT2D eigenvalue weighted by atomic mass is 19.4. The van der Waals surface area contributed by atoms with Crippen LogP contribution < -0.4 is 4.74 Å². The Hall–Kier alpha value is -2.23. The number of carboxylic acid groups (broad SMARTS) is 1. The van der Waals surface area contributed by atoms with Crippen molar-refractivity contribution in [3.05, 3.63) is 28.8 Å². The molecule has 1 rings (SSSR count). The van der Waals surface area contributed by atoms with E-state index in [4.69, 9.17) is 10.4 Å². The molecule has 7 heteroatoms. The second-order valence-corrected chi connectivity index (χ2v) is 3.13. The van der Waals surface area contributed by atoms with E-state index in [0.29, 0.717) is 0 Å². The normalized spacial score (nSPS) is 10.8. The third-order valence-corrected chi connectivity index (χ3v) is 1.90. The van der Waals surface area contributed by atoms with Crippen LogP contribution in [0.4, 0.5) is 13.2 Å². The molecule has 1 N–H and O–H groups in total. The Morgan fingerprint density at radius 2 is 2.06 bits per heavy atom. The van der Waals surface area contributed by atoms with Crippen LogP contribution in [-0.4, -0.2) is 17.4 Å². The van der Waals surface area contributed by atoms with E-state index >= 15 is 0 Å². The van der Waals surface area contributed by atoms with E-state index in [1.165, 1.54) is 13.0 Å². The first-order valence-corrected chi connectivity index (χ1v) is 4.28. The van der Waals surface area contributed by atoms with Crippen molar-refractivity contribution in [1.29, 1.82) is 5.26 Å². The summed E-state index contributed by atoms with van der Waals surface area (Å²) in [7, 11) is 0. The van der Waals surface area contributed by atoms with Crippen molar-refractivity contribution in [2.45, 2.75) is 13.3 Å². The summed E-state index contributed by atoms with van der Waals surface area (Å²) in [6.45, 7) is 1.31. The van der Waals surface area contributed by atoms with Gasteiger partial charge in [0, 0.05) is 0 Å². The number of aromatic carboxylic acids is 1. The predicted molar refractivity (Wildman–Crippen MR) is 49.5 cm³/mol. The van der Waals surface area contributed by atoms with Gasteiger partial charge in [0.25, 0.3) is 0 Å². The number of alkyl halides is 3. The van der Waals surface area contributed by atoms with E-state index in [9.17, 15) is 18.0 Å². The van der Waals surface area contributed by atoms with Gasteiger partial charge in [-0.05, 0) is 24.6 Å². The Balaban J connectivity index is 3.30. The number of nitrogens with zero attached hydrogens (tertiary/aromatic N) is 1. The van der Waals surface area contributed by atoms with Gasteiger partial charge in [-0.25, -0.2) is 4.79 Å². The molecule has 1 aromatic rings. The number of ether oxygens (including phenoxy) is 1. The smallest absolute Gasteiger partial charge is 0.478 e. The molecule has 0 bridgehead atoms. The highest BCUT2D eigenvalue weighted by molar-refractivity contribution is 5.90. The highest BCUT2D eigenvalue weighted by Crippen LogP contribution is 2.28. The second kappa shape index (κ2) is 4.33. The van der Waals surface area contributed by atoms with Crippen molar-refractivity contribution in [2.24, 2.45) is 0 Å². The molecule has 0 unspecified atom stereocenters. The zero-order valence-corrected chi connectivity index (χ0v) is 8.50. The molecular weight excluding hydrogens is 239 g/mol. The van der Waals surface area contributed by atoms with Crippen molar-refractivity contribution in [3.8, 4) is 11.8 Å². The number of aryl methyl sites for hydroxylation is 1. The first kappa shape index (κ1) is 12.8. The molecular formula is C10H6F3NO3. The Kier molecular flexibility index (Phi) is 3.27. The number of benzene rings is 1. The summed E-state index contributed by atoms with van der Waals surface area (Å²) < 4.78 is 39.6. The second-order valence-electron chi connectivity index (χ2n) is 3.13. The maximum atomic E-state index is 12.0. The first-order chi connectivity index (χ1) is 7.74. The van der Waals surface area contributed by atoms with Crippen LogP contribution in [0.5, 0.6) is 5.75 Å². The third kappa shape index (κ3) is 3.11. The number of nitriles is 1. The van der Waals surface area contributed by atoms with E-state index in [-0.39, 0.29) is 11.1 Å². The number of hydrogen-bond donors (Lipinski definition) is 1. The van der Waals surface area contributed by atoms with Crippen molar-refractivity contribution >= 4 is 5.97 Å². The van der Waals surface area contributed by atoms with Crippen molar-refractivity contribution in [1.82, 2.24) is 0 Å². The minimum Gasteiger partial charge on any atom is -0.478 e. The molecule has 90 valence electrons. The van der Waals surface area contributed by atoms with Crippen LogP contribution in [0.15, 0.2) is 12.1 Å². The number of carboxylic acids is 1. The fourth-order valence-corrected chi connectivity index (χ4v) is 1.21. The quantitative estimate of drug-likeness (QED) is 0.868. The predicted octanol–water partition coefficient (Wildman–Crippen LogP) is 2.46. The van der Waals surface area contributed by atoms with Gasteiger partial charge in [0.15, 0.2) is 0 Å². The molecule has 0 heterocycles. The van der Waals surface area contributed by atoms with Crippen LogP contribution in [0.25, 0.3) is 0 Å². The molecule has 17 heavy (non-hydrogen) atoms. The first-order valence-electron chi connectivity index (χ1n) is 4.28. The van der Waals surface area contributed by atoms with Gasteiger partial charge in [0.1, 0.15) is 11.8 Å². The van der Waals surface area contributed by atoms with Crippen molar-refractivity contribution in [2.75, 3.05) is 0 Å². The summed E-state index contributed by atoms with van der Waals surface area (Å²) in [5.74, 6) is -2.03. The fourth-order valence-electron chi connectivity index (χ4n) is 1.21. The van der Waals surface area contributed by atoms with E-state index in [1.54, 1.807) is 0 Å². The van der Waals surface area contributed by atoms with Gasteiger partial charge in [-0.15, -0.1) is 13.2 Å². The Labute approximate surface area is 93.8 Å². The number of hydrogen-bond acceptors (Lipinski definition) is 3. The minimum atomic E-state index is -4.93. The van der Waals surface area contributed by atoms with Crippen molar-refractivity contribution in [3.63, 3.8) is 0 Å². The maximum Gasteiger partial charge on any atom is 0.573 e. The van der Waals surface area contributed by atoms with Crippen LogP contribution in [0, 0.1) is 18.3 Å². The molecule has 1 aromatic carbocycles. The maximum absolute atomic E-state index is 12.0. The third-order valence-electron chi connectivity index (χ3n) is 1.90. The molecule has 0 aliphatic rings. The fraction of sp³-hybridized carbons (Fsp3) is 0.200. The molecule has 0 atom stereocenters. The largest absolute Gasteiger partial charge is 0.573 e. The molecule has 0 saturated heterocycles. The highest BCUT2D eigenvalue weighted by Gasteiger charge is 2.32. The Morgan fingerprint density at radius 1 is 1.47 bits per heavy atom. The van der Waals surface area contributed by atoms with Gasteiger partial charge >= 0.3 is 12.3 Å². The van der Waals surface area contributed by atoms with E-state index in [1.807, 2.05) is 0 Å². The zero-order valence-electron chi connectivity index (χ0n) is 8.50. The number of rotatable bonds is 2. The molecule has 4 nitrogen and oxygen atoms in total. The lowest BCUT2D eigenvalue weighted by atomic mass is 10.0. The summed E-state index contributed by atoms with van der Waals surface area (Å²) in [6.07, 6.45) is -4.93. The van der Waals surface area contributed by atoms with Gasteiger partial charge in [-0.2, -0.15) is 5.26 Å². The minimum absolute atomic E-state index is 0.0794. The lowest BCUT2D eigenvalue weighted by molar-refractivity contribution is -0.274. The molecule has 0 spiro atoms. The van der Waals surface area contributed by atoms with Crippen LogP contribution in [0.1, 0.15) is 21.5 Å². The molecule has 0 aliphatic carbocycles. The summed E-state index contributed by atoms with van der Waals surface area (Å²) >= 11 is 0. The van der Waals surface area contributed by atoms with Gasteiger partial charge < -0.3 is 9.84 Å². The lowest BCUT2D eigenvalue weighted by Gasteiger charge is -2.12. The number of carbonyl (C=O) groups is 1. The van der Waals surface area contributed by atoms with Gasteiger partial charge in [0.2, 0.25) is 0 Å².